The molecule has 212 valence electrons. The molecule has 1 aromatic heterocycles. The highest BCUT2D eigenvalue weighted by atomic mass is 16.8. The summed E-state index contributed by atoms with van der Waals surface area (Å²) in [6.07, 6.45) is 9.23. The van der Waals surface area contributed by atoms with Crippen LogP contribution in [0.25, 0.3) is 0 Å². The molecule has 1 unspecified atom stereocenters. The fourth-order valence-corrected chi connectivity index (χ4v) is 5.30. The van der Waals surface area contributed by atoms with E-state index in [1.165, 1.54) is 40.0 Å². The van der Waals surface area contributed by atoms with E-state index < -0.39 is 29.9 Å². The van der Waals surface area contributed by atoms with E-state index in [4.69, 9.17) is 14.2 Å². The average Bonchev–Trinajstić information content (AvgIpc) is 2.81. The highest BCUT2D eigenvalue weighted by molar-refractivity contribution is 5.97. The van der Waals surface area contributed by atoms with Crippen LogP contribution < -0.4 is 10.9 Å². The van der Waals surface area contributed by atoms with Crippen LogP contribution in [0.15, 0.2) is 10.9 Å². The molecular weight excluding hydrogens is 488 g/mol. The molecule has 9 heteroatoms. The molecular formula is C29H44N2O7. The minimum Gasteiger partial charge on any atom is -0.431 e. The molecule has 38 heavy (non-hydrogen) atoms. The van der Waals surface area contributed by atoms with Gasteiger partial charge in [-0.3, -0.25) is 9.59 Å². The van der Waals surface area contributed by atoms with E-state index in [9.17, 15) is 19.2 Å². The lowest BCUT2D eigenvalue weighted by Crippen LogP contribution is -2.52. The van der Waals surface area contributed by atoms with E-state index in [-0.39, 0.29) is 17.2 Å². The van der Waals surface area contributed by atoms with Crippen LogP contribution in [0.2, 0.25) is 0 Å². The maximum atomic E-state index is 13.7. The zero-order chi connectivity index (χ0) is 27.9. The van der Waals surface area contributed by atoms with Crippen molar-refractivity contribution in [3.05, 3.63) is 33.2 Å². The Labute approximate surface area is 225 Å². The average molecular weight is 533 g/mol. The molecule has 0 aromatic carbocycles. The van der Waals surface area contributed by atoms with E-state index in [0.717, 1.165) is 62.6 Å². The lowest BCUT2D eigenvalue weighted by molar-refractivity contribution is -0.174. The Balaban J connectivity index is 1.80. The quantitative estimate of drug-likeness (QED) is 0.368. The number of ether oxygens (including phenoxy) is 3. The summed E-state index contributed by atoms with van der Waals surface area (Å²) in [6.45, 7) is 8.33. The number of carbonyl (C=O) groups excluding carboxylic acids is 3. The van der Waals surface area contributed by atoms with Gasteiger partial charge in [-0.05, 0) is 83.8 Å². The van der Waals surface area contributed by atoms with E-state index in [2.05, 4.69) is 5.32 Å². The predicted octanol–water partition coefficient (Wildman–Crippen LogP) is 5.05. The van der Waals surface area contributed by atoms with Gasteiger partial charge in [-0.2, -0.15) is 0 Å². The van der Waals surface area contributed by atoms with Crippen molar-refractivity contribution in [3.63, 3.8) is 0 Å². The standard InChI is InChI=1S/C29H44N2O7/c1-19(2)36-28(35)38-20(3)37-27(34)29(4,5)30-25(32)23-17-22-15-11-6-7-12-16-24(22)31(26(23)33)18-21-13-9-8-10-14-21/h17,19-21H,6-16,18H2,1-5H3,(H,30,32). The molecule has 1 amide bonds. The predicted molar refractivity (Wildman–Crippen MR) is 143 cm³/mol. The van der Waals surface area contributed by atoms with Crippen molar-refractivity contribution in [2.75, 3.05) is 0 Å². The summed E-state index contributed by atoms with van der Waals surface area (Å²) < 4.78 is 16.9. The fourth-order valence-electron chi connectivity index (χ4n) is 5.30. The first-order valence-electron chi connectivity index (χ1n) is 14.1. The number of carbonyl (C=O) groups is 3. The van der Waals surface area contributed by atoms with Gasteiger partial charge in [0.25, 0.3) is 11.5 Å². The van der Waals surface area contributed by atoms with Gasteiger partial charge >= 0.3 is 12.1 Å². The number of nitrogens with zero attached hydrogens (tertiary/aromatic N) is 1. The Morgan fingerprint density at radius 2 is 1.58 bits per heavy atom. The molecule has 2 aliphatic rings. The van der Waals surface area contributed by atoms with Crippen molar-refractivity contribution in [2.45, 2.75) is 130 Å². The molecule has 1 fully saturated rings. The molecule has 3 rings (SSSR count). The van der Waals surface area contributed by atoms with Gasteiger partial charge in [-0.15, -0.1) is 0 Å². The van der Waals surface area contributed by atoms with Gasteiger partial charge < -0.3 is 24.1 Å². The smallest absolute Gasteiger partial charge is 0.431 e. The maximum absolute atomic E-state index is 13.7. The van der Waals surface area contributed by atoms with Crippen molar-refractivity contribution in [3.8, 4) is 0 Å². The number of nitrogens with one attached hydrogen (secondary N) is 1. The Morgan fingerprint density at radius 3 is 2.24 bits per heavy atom. The Kier molecular flexibility index (Phi) is 10.4. The van der Waals surface area contributed by atoms with E-state index in [0.29, 0.717) is 12.5 Å². The van der Waals surface area contributed by atoms with Gasteiger partial charge in [-0.25, -0.2) is 9.59 Å². The first-order chi connectivity index (χ1) is 18.0. The maximum Gasteiger partial charge on any atom is 0.511 e. The normalized spacial score (nSPS) is 17.5. The summed E-state index contributed by atoms with van der Waals surface area (Å²) in [4.78, 5) is 51.6. The van der Waals surface area contributed by atoms with Crippen molar-refractivity contribution >= 4 is 18.0 Å². The highest BCUT2D eigenvalue weighted by Crippen LogP contribution is 2.27. The number of esters is 1. The number of fused-ring (bicyclic) bond motifs is 1. The molecule has 0 radical (unpaired) electrons. The summed E-state index contributed by atoms with van der Waals surface area (Å²) in [5.41, 5.74) is 0.392. The van der Waals surface area contributed by atoms with Gasteiger partial charge in [0, 0.05) is 19.2 Å². The molecule has 9 nitrogen and oxygen atoms in total. The molecule has 0 aliphatic heterocycles. The topological polar surface area (TPSA) is 113 Å². The second kappa shape index (κ2) is 13.3. The number of rotatable bonds is 8. The number of hydrogen-bond acceptors (Lipinski definition) is 7. The van der Waals surface area contributed by atoms with E-state index in [1.807, 2.05) is 4.57 Å². The van der Waals surface area contributed by atoms with Crippen LogP contribution in [0.1, 0.15) is 114 Å². The monoisotopic (exact) mass is 532 g/mol. The molecule has 2 aliphatic carbocycles. The number of aryl methyl sites for hydroxylation is 1. The van der Waals surface area contributed by atoms with E-state index >= 15 is 0 Å². The van der Waals surface area contributed by atoms with Crippen LogP contribution in [0.3, 0.4) is 0 Å². The summed E-state index contributed by atoms with van der Waals surface area (Å²) in [5, 5.41) is 2.67. The lowest BCUT2D eigenvalue weighted by atomic mass is 9.88. The summed E-state index contributed by atoms with van der Waals surface area (Å²) in [5.74, 6) is -0.985. The molecule has 0 saturated heterocycles. The Morgan fingerprint density at radius 1 is 0.947 bits per heavy atom. The molecule has 0 bridgehead atoms. The number of hydrogen-bond donors (Lipinski definition) is 1. The second-order valence-corrected chi connectivity index (χ2v) is 11.5. The van der Waals surface area contributed by atoms with Crippen molar-refractivity contribution in [1.82, 2.24) is 9.88 Å². The molecule has 1 N–H and O–H groups in total. The number of amides is 1. The Hall–Kier alpha value is -2.84. The van der Waals surface area contributed by atoms with Gasteiger partial charge in [0.1, 0.15) is 11.1 Å². The van der Waals surface area contributed by atoms with Crippen LogP contribution >= 0.6 is 0 Å². The third-order valence-electron chi connectivity index (χ3n) is 7.31. The largest absolute Gasteiger partial charge is 0.511 e. The third kappa shape index (κ3) is 8.08. The second-order valence-electron chi connectivity index (χ2n) is 11.5. The third-order valence-corrected chi connectivity index (χ3v) is 7.31. The van der Waals surface area contributed by atoms with Gasteiger partial charge in [0.15, 0.2) is 0 Å². The van der Waals surface area contributed by atoms with Crippen molar-refractivity contribution in [1.29, 1.82) is 0 Å². The van der Waals surface area contributed by atoms with Crippen LogP contribution in [0, 0.1) is 5.92 Å². The summed E-state index contributed by atoms with van der Waals surface area (Å²) in [7, 11) is 0. The number of pyridine rings is 1. The zero-order valence-corrected chi connectivity index (χ0v) is 23.6. The van der Waals surface area contributed by atoms with Crippen LogP contribution in [-0.2, 0) is 38.4 Å². The van der Waals surface area contributed by atoms with Crippen molar-refractivity contribution < 1.29 is 28.6 Å². The molecule has 1 aromatic rings. The Bertz CT molecular complexity index is 1050. The minimum atomic E-state index is -1.47. The first-order valence-corrected chi connectivity index (χ1v) is 14.1. The fraction of sp³-hybridized carbons (Fsp3) is 0.724. The minimum absolute atomic E-state index is 0.0471. The van der Waals surface area contributed by atoms with Crippen LogP contribution in [0.5, 0.6) is 0 Å². The molecule has 1 atom stereocenters. The molecule has 1 saturated carbocycles. The lowest BCUT2D eigenvalue weighted by Gasteiger charge is -2.28. The van der Waals surface area contributed by atoms with Crippen molar-refractivity contribution in [2.24, 2.45) is 5.92 Å². The van der Waals surface area contributed by atoms with Crippen LogP contribution in [0.4, 0.5) is 4.79 Å². The molecule has 1 heterocycles. The van der Waals surface area contributed by atoms with Gasteiger partial charge in [-0.1, -0.05) is 32.1 Å². The van der Waals surface area contributed by atoms with E-state index in [1.54, 1.807) is 19.9 Å². The highest BCUT2D eigenvalue weighted by Gasteiger charge is 2.35. The summed E-state index contributed by atoms with van der Waals surface area (Å²) >= 11 is 0. The van der Waals surface area contributed by atoms with Gasteiger partial charge in [0.2, 0.25) is 6.29 Å². The molecule has 0 spiro atoms. The van der Waals surface area contributed by atoms with Crippen LogP contribution in [-0.4, -0.2) is 40.5 Å². The van der Waals surface area contributed by atoms with Gasteiger partial charge in [0.05, 0.1) is 6.10 Å². The summed E-state index contributed by atoms with van der Waals surface area (Å²) in [6, 6.07) is 1.73. The number of aromatic nitrogens is 1. The zero-order valence-electron chi connectivity index (χ0n) is 23.6. The first kappa shape index (κ1) is 29.7. The SMILES string of the molecule is CC(C)OC(=O)OC(C)OC(=O)C(C)(C)NC(=O)c1cc2c(n(CC3CCCCC3)c1=O)CCCCCC2.